The van der Waals surface area contributed by atoms with Crippen molar-refractivity contribution in [3.63, 3.8) is 0 Å². The van der Waals surface area contributed by atoms with Gasteiger partial charge in [0.1, 0.15) is 11.4 Å². The van der Waals surface area contributed by atoms with Crippen molar-refractivity contribution in [3.05, 3.63) is 101 Å². The molecule has 0 unspecified atom stereocenters. The maximum Gasteiger partial charge on any atom is 0.410 e. The zero-order valence-corrected chi connectivity index (χ0v) is 27.1. The van der Waals surface area contributed by atoms with E-state index in [4.69, 9.17) is 9.47 Å². The molecule has 1 saturated heterocycles. The van der Waals surface area contributed by atoms with Crippen LogP contribution in [0.25, 0.3) is 11.1 Å². The zero-order valence-electron chi connectivity index (χ0n) is 27.1. The van der Waals surface area contributed by atoms with Crippen molar-refractivity contribution in [1.82, 2.24) is 4.90 Å². The Bertz CT molecular complexity index is 1430. The quantitative estimate of drug-likeness (QED) is 0.165. The van der Waals surface area contributed by atoms with Crippen molar-refractivity contribution >= 4 is 23.2 Å². The summed E-state index contributed by atoms with van der Waals surface area (Å²) in [6.45, 7) is 17.1. The highest BCUT2D eigenvalue weighted by molar-refractivity contribution is 5.99. The molecule has 5 heteroatoms. The van der Waals surface area contributed by atoms with E-state index in [0.29, 0.717) is 24.8 Å². The number of hydrogen-bond acceptors (Lipinski definition) is 4. The molecule has 0 spiro atoms. The summed E-state index contributed by atoms with van der Waals surface area (Å²) < 4.78 is 11.4. The second-order valence-electron chi connectivity index (χ2n) is 13.8. The molecular formula is C38H47NO4. The number of hydrogen-bond donors (Lipinski definition) is 0. The zero-order chi connectivity index (χ0) is 31.4. The number of carbonyl (C=O) groups excluding carboxylic acids is 2. The summed E-state index contributed by atoms with van der Waals surface area (Å²) in [7, 11) is 0. The van der Waals surface area contributed by atoms with Crippen LogP contribution in [0.3, 0.4) is 0 Å². The van der Waals surface area contributed by atoms with Gasteiger partial charge in [-0.2, -0.15) is 0 Å². The Balaban J connectivity index is 1.67. The average Bonchev–Trinajstić information content (AvgIpc) is 2.95. The predicted molar refractivity (Wildman–Crippen MR) is 175 cm³/mol. The predicted octanol–water partition coefficient (Wildman–Crippen LogP) is 9.37. The molecule has 5 nitrogen and oxygen atoms in total. The van der Waals surface area contributed by atoms with E-state index in [0.717, 1.165) is 29.5 Å². The molecule has 3 aromatic carbocycles. The maximum absolute atomic E-state index is 12.7. The van der Waals surface area contributed by atoms with E-state index in [-0.39, 0.29) is 18.0 Å². The Morgan fingerprint density at radius 1 is 0.767 bits per heavy atom. The van der Waals surface area contributed by atoms with Crippen LogP contribution in [0.15, 0.2) is 78.9 Å². The van der Waals surface area contributed by atoms with Crippen LogP contribution in [0.2, 0.25) is 0 Å². The topological polar surface area (TPSA) is 55.8 Å². The van der Waals surface area contributed by atoms with Crippen LogP contribution < -0.4 is 4.74 Å². The summed E-state index contributed by atoms with van der Waals surface area (Å²) in [5, 5.41) is 0. The highest BCUT2D eigenvalue weighted by Crippen LogP contribution is 2.39. The number of ether oxygens (including phenoxy) is 2. The van der Waals surface area contributed by atoms with Crippen molar-refractivity contribution in [2.24, 2.45) is 11.3 Å². The fourth-order valence-corrected chi connectivity index (χ4v) is 5.48. The Morgan fingerprint density at radius 2 is 1.37 bits per heavy atom. The second-order valence-corrected chi connectivity index (χ2v) is 13.8. The number of amides is 1. The number of benzene rings is 3. The SMILES string of the molecule is CC(C)/C(=C(/c1ccc(C2CCN(C(=O)OC(C)(C)C)CC2)cc1)c1cccc(OC(=O)C(C)(C)C)c1)c1ccccc1. The number of carbonyl (C=O) groups is 2. The van der Waals surface area contributed by atoms with E-state index in [1.807, 2.05) is 70.7 Å². The van der Waals surface area contributed by atoms with Gasteiger partial charge in [-0.05, 0) is 112 Å². The van der Waals surface area contributed by atoms with Crippen LogP contribution in [0.5, 0.6) is 5.75 Å². The van der Waals surface area contributed by atoms with Gasteiger partial charge in [0.2, 0.25) is 0 Å². The van der Waals surface area contributed by atoms with Gasteiger partial charge in [-0.1, -0.05) is 80.6 Å². The van der Waals surface area contributed by atoms with Crippen molar-refractivity contribution in [3.8, 4) is 5.75 Å². The van der Waals surface area contributed by atoms with Crippen LogP contribution in [0, 0.1) is 11.3 Å². The first kappa shape index (κ1) is 32.1. The molecule has 43 heavy (non-hydrogen) atoms. The molecule has 0 atom stereocenters. The summed E-state index contributed by atoms with van der Waals surface area (Å²) >= 11 is 0. The van der Waals surface area contributed by atoms with Crippen LogP contribution >= 0.6 is 0 Å². The molecule has 4 rings (SSSR count). The van der Waals surface area contributed by atoms with Gasteiger partial charge in [0.05, 0.1) is 5.41 Å². The second kappa shape index (κ2) is 13.2. The molecule has 3 aromatic rings. The number of esters is 1. The van der Waals surface area contributed by atoms with Crippen LogP contribution in [-0.4, -0.2) is 35.7 Å². The molecule has 0 aliphatic carbocycles. The maximum atomic E-state index is 12.7. The van der Waals surface area contributed by atoms with Gasteiger partial charge in [-0.3, -0.25) is 4.79 Å². The summed E-state index contributed by atoms with van der Waals surface area (Å²) in [5.41, 5.74) is 5.85. The number of nitrogens with zero attached hydrogens (tertiary/aromatic N) is 1. The number of allylic oxidation sites excluding steroid dienone is 1. The Labute approximate surface area is 257 Å². The minimum atomic E-state index is -0.597. The Hall–Kier alpha value is -3.86. The fourth-order valence-electron chi connectivity index (χ4n) is 5.48. The molecule has 0 bridgehead atoms. The molecule has 0 radical (unpaired) electrons. The molecule has 0 saturated carbocycles. The van der Waals surface area contributed by atoms with Crippen molar-refractivity contribution in [2.45, 2.75) is 79.8 Å². The van der Waals surface area contributed by atoms with E-state index < -0.39 is 11.0 Å². The summed E-state index contributed by atoms with van der Waals surface area (Å²) in [6.07, 6.45) is 1.58. The molecule has 0 N–H and O–H groups in total. The summed E-state index contributed by atoms with van der Waals surface area (Å²) in [4.78, 5) is 27.1. The van der Waals surface area contributed by atoms with E-state index in [2.05, 4.69) is 68.4 Å². The largest absolute Gasteiger partial charge is 0.444 e. The Kier molecular flexibility index (Phi) is 9.84. The van der Waals surface area contributed by atoms with Gasteiger partial charge in [-0.25, -0.2) is 4.79 Å². The molecule has 1 aliphatic rings. The molecular weight excluding hydrogens is 534 g/mol. The van der Waals surface area contributed by atoms with Crippen molar-refractivity contribution in [1.29, 1.82) is 0 Å². The molecule has 0 aromatic heterocycles. The summed E-state index contributed by atoms with van der Waals surface area (Å²) in [5.74, 6) is 0.915. The van der Waals surface area contributed by atoms with E-state index >= 15 is 0 Å². The minimum absolute atomic E-state index is 0.228. The number of piperidine rings is 1. The smallest absolute Gasteiger partial charge is 0.410 e. The third-order valence-corrected chi connectivity index (χ3v) is 7.69. The van der Waals surface area contributed by atoms with Gasteiger partial charge in [0.15, 0.2) is 0 Å². The first-order valence-electron chi connectivity index (χ1n) is 15.4. The first-order chi connectivity index (χ1) is 20.2. The van der Waals surface area contributed by atoms with Crippen LogP contribution in [0.1, 0.15) is 96.4 Å². The molecule has 1 aliphatic heterocycles. The Morgan fingerprint density at radius 3 is 1.93 bits per heavy atom. The average molecular weight is 582 g/mol. The monoisotopic (exact) mass is 581 g/mol. The van der Waals surface area contributed by atoms with E-state index in [1.54, 1.807) is 0 Å². The van der Waals surface area contributed by atoms with E-state index in [1.165, 1.54) is 16.7 Å². The highest BCUT2D eigenvalue weighted by atomic mass is 16.6. The molecule has 1 heterocycles. The van der Waals surface area contributed by atoms with Crippen molar-refractivity contribution in [2.75, 3.05) is 13.1 Å². The fraction of sp³-hybridized carbons (Fsp3) is 0.421. The van der Waals surface area contributed by atoms with Crippen molar-refractivity contribution < 1.29 is 19.1 Å². The lowest BCUT2D eigenvalue weighted by Gasteiger charge is -2.33. The van der Waals surface area contributed by atoms with Crippen LogP contribution in [0.4, 0.5) is 4.79 Å². The van der Waals surface area contributed by atoms with Gasteiger partial charge >= 0.3 is 12.1 Å². The third-order valence-electron chi connectivity index (χ3n) is 7.69. The lowest BCUT2D eigenvalue weighted by atomic mass is 9.83. The lowest BCUT2D eigenvalue weighted by molar-refractivity contribution is -0.143. The molecule has 1 amide bonds. The first-order valence-corrected chi connectivity index (χ1v) is 15.4. The summed E-state index contributed by atoms with van der Waals surface area (Å²) in [6, 6.07) is 27.3. The number of likely N-dealkylation sites (tertiary alicyclic amines) is 1. The van der Waals surface area contributed by atoms with Gasteiger partial charge in [-0.15, -0.1) is 0 Å². The van der Waals surface area contributed by atoms with Crippen LogP contribution in [-0.2, 0) is 9.53 Å². The number of rotatable bonds is 6. The standard InChI is InChI=1S/C38H47NO4/c1-26(2)33(29-13-10-9-11-14-29)34(31-15-12-16-32(25-31)42-35(40)37(3,4)5)30-19-17-27(18-20-30)28-21-23-39(24-22-28)36(41)43-38(6,7)8/h9-20,25-26,28H,21-24H2,1-8H3/b34-33+. The van der Waals surface area contributed by atoms with Gasteiger partial charge in [0, 0.05) is 13.1 Å². The van der Waals surface area contributed by atoms with Gasteiger partial charge in [0.25, 0.3) is 0 Å². The lowest BCUT2D eigenvalue weighted by Crippen LogP contribution is -2.41. The minimum Gasteiger partial charge on any atom is -0.444 e. The molecule has 228 valence electrons. The molecule has 1 fully saturated rings. The van der Waals surface area contributed by atoms with E-state index in [9.17, 15) is 9.59 Å². The third kappa shape index (κ3) is 8.37. The highest BCUT2D eigenvalue weighted by Gasteiger charge is 2.28. The van der Waals surface area contributed by atoms with Gasteiger partial charge < -0.3 is 14.4 Å². The normalized spacial score (nSPS) is 15.2.